The van der Waals surface area contributed by atoms with Gasteiger partial charge in [-0.25, -0.2) is 0 Å². The second-order valence-corrected chi connectivity index (χ2v) is 5.64. The summed E-state index contributed by atoms with van der Waals surface area (Å²) in [5.74, 6) is -1.05. The lowest BCUT2D eigenvalue weighted by atomic mass is 9.87. The summed E-state index contributed by atoms with van der Waals surface area (Å²) in [6.07, 6.45) is 6.17. The van der Waals surface area contributed by atoms with Crippen molar-refractivity contribution in [2.45, 2.75) is 25.3 Å². The van der Waals surface area contributed by atoms with Gasteiger partial charge in [-0.3, -0.25) is 14.6 Å². The molecule has 120 valence electrons. The second kappa shape index (κ2) is 6.64. The van der Waals surface area contributed by atoms with Gasteiger partial charge in [0.2, 0.25) is 5.91 Å². The Balaban J connectivity index is 1.84. The largest absolute Gasteiger partial charge is 0.481 e. The Hall–Kier alpha value is -2.63. The number of amides is 1. The Morgan fingerprint density at radius 1 is 1.39 bits per heavy atom. The monoisotopic (exact) mass is 314 g/mol. The molecule has 6 heteroatoms. The van der Waals surface area contributed by atoms with Crippen molar-refractivity contribution in [1.29, 1.82) is 0 Å². The van der Waals surface area contributed by atoms with Crippen LogP contribution in [0.2, 0.25) is 0 Å². The zero-order chi connectivity index (χ0) is 16.2. The third-order valence-corrected chi connectivity index (χ3v) is 4.22. The first-order chi connectivity index (χ1) is 11.2. The smallest absolute Gasteiger partial charge is 0.309 e. The maximum absolute atomic E-state index is 12.4. The van der Waals surface area contributed by atoms with E-state index in [9.17, 15) is 14.7 Å². The van der Waals surface area contributed by atoms with Gasteiger partial charge in [-0.15, -0.1) is 0 Å². The molecular weight excluding hydrogens is 296 g/mol. The SMILES string of the molecule is O=C(O)[C@H]1CCC(=O)N(CCc2cccnc2)[C@@H]1c1ccco1. The predicted molar refractivity (Wildman–Crippen MR) is 81.5 cm³/mol. The lowest BCUT2D eigenvalue weighted by Crippen LogP contribution is -2.46. The van der Waals surface area contributed by atoms with Crippen molar-refractivity contribution >= 4 is 11.9 Å². The number of carbonyl (C=O) groups excluding carboxylic acids is 1. The molecule has 1 fully saturated rings. The van der Waals surface area contributed by atoms with Gasteiger partial charge in [0.15, 0.2) is 0 Å². The quantitative estimate of drug-likeness (QED) is 0.915. The van der Waals surface area contributed by atoms with Crippen molar-refractivity contribution in [2.24, 2.45) is 5.92 Å². The summed E-state index contributed by atoms with van der Waals surface area (Å²) in [5, 5.41) is 9.51. The van der Waals surface area contributed by atoms with E-state index in [-0.39, 0.29) is 12.3 Å². The van der Waals surface area contributed by atoms with Gasteiger partial charge in [0.1, 0.15) is 11.8 Å². The van der Waals surface area contributed by atoms with Gasteiger partial charge in [0, 0.05) is 25.4 Å². The van der Waals surface area contributed by atoms with Crippen molar-refractivity contribution in [1.82, 2.24) is 9.88 Å². The lowest BCUT2D eigenvalue weighted by Gasteiger charge is -2.38. The minimum absolute atomic E-state index is 0.0345. The number of piperidine rings is 1. The van der Waals surface area contributed by atoms with Gasteiger partial charge in [0.05, 0.1) is 12.2 Å². The topological polar surface area (TPSA) is 83.6 Å². The number of pyridine rings is 1. The molecule has 1 saturated heterocycles. The van der Waals surface area contributed by atoms with Crippen LogP contribution in [0.15, 0.2) is 47.3 Å². The first-order valence-corrected chi connectivity index (χ1v) is 7.61. The summed E-state index contributed by atoms with van der Waals surface area (Å²) in [6, 6.07) is 6.68. The number of furan rings is 1. The van der Waals surface area contributed by atoms with Crippen molar-refractivity contribution in [3.8, 4) is 0 Å². The molecule has 0 saturated carbocycles. The molecule has 2 atom stereocenters. The fraction of sp³-hybridized carbons (Fsp3) is 0.353. The number of carboxylic acids is 1. The fourth-order valence-electron chi connectivity index (χ4n) is 3.08. The summed E-state index contributed by atoms with van der Waals surface area (Å²) in [6.45, 7) is 0.444. The van der Waals surface area contributed by atoms with Gasteiger partial charge in [0.25, 0.3) is 0 Å². The van der Waals surface area contributed by atoms with Gasteiger partial charge in [-0.05, 0) is 36.6 Å². The molecule has 1 N–H and O–H groups in total. The van der Waals surface area contributed by atoms with Crippen LogP contribution in [0.1, 0.15) is 30.2 Å². The molecule has 2 aromatic rings. The van der Waals surface area contributed by atoms with Crippen LogP contribution in [0.25, 0.3) is 0 Å². The van der Waals surface area contributed by atoms with Crippen LogP contribution >= 0.6 is 0 Å². The highest BCUT2D eigenvalue weighted by atomic mass is 16.4. The fourth-order valence-corrected chi connectivity index (χ4v) is 3.08. The lowest BCUT2D eigenvalue weighted by molar-refractivity contribution is -0.152. The standard InChI is InChI=1S/C17H18N2O4/c20-15-6-5-13(17(21)22)16(14-4-2-10-23-14)19(15)9-7-12-3-1-8-18-11-12/h1-4,8,10-11,13,16H,5-7,9H2,(H,21,22)/t13-,16-/m0/s1. The van der Waals surface area contributed by atoms with E-state index >= 15 is 0 Å². The molecule has 0 aromatic carbocycles. The molecule has 1 aliphatic heterocycles. The average molecular weight is 314 g/mol. The third kappa shape index (κ3) is 3.26. The molecule has 3 heterocycles. The normalized spacial score (nSPS) is 21.4. The van der Waals surface area contributed by atoms with Crippen LogP contribution < -0.4 is 0 Å². The molecule has 0 bridgehead atoms. The van der Waals surface area contributed by atoms with E-state index in [0.29, 0.717) is 25.1 Å². The molecule has 1 amide bonds. The van der Waals surface area contributed by atoms with Gasteiger partial charge in [-0.1, -0.05) is 6.07 Å². The summed E-state index contributed by atoms with van der Waals surface area (Å²) >= 11 is 0. The maximum atomic E-state index is 12.4. The van der Waals surface area contributed by atoms with Crippen LogP contribution in [0.5, 0.6) is 0 Å². The Morgan fingerprint density at radius 3 is 2.91 bits per heavy atom. The first kappa shape index (κ1) is 15.3. The van der Waals surface area contributed by atoms with Crippen LogP contribution in [0.4, 0.5) is 0 Å². The molecule has 2 aromatic heterocycles. The number of nitrogens with zero attached hydrogens (tertiary/aromatic N) is 2. The molecule has 1 aliphatic rings. The Morgan fingerprint density at radius 2 is 2.26 bits per heavy atom. The van der Waals surface area contributed by atoms with Gasteiger partial charge in [-0.2, -0.15) is 0 Å². The van der Waals surface area contributed by atoms with Crippen LogP contribution in [0.3, 0.4) is 0 Å². The Labute approximate surface area is 133 Å². The summed E-state index contributed by atoms with van der Waals surface area (Å²) in [5.41, 5.74) is 1.01. The highest BCUT2D eigenvalue weighted by Gasteiger charge is 2.41. The van der Waals surface area contributed by atoms with E-state index in [0.717, 1.165) is 5.56 Å². The molecule has 0 spiro atoms. The number of likely N-dealkylation sites (tertiary alicyclic amines) is 1. The van der Waals surface area contributed by atoms with Crippen molar-refractivity contribution in [2.75, 3.05) is 6.54 Å². The van der Waals surface area contributed by atoms with E-state index in [1.807, 2.05) is 12.1 Å². The van der Waals surface area contributed by atoms with Crippen LogP contribution in [0, 0.1) is 5.92 Å². The molecule has 0 radical (unpaired) electrons. The molecule has 3 rings (SSSR count). The zero-order valence-electron chi connectivity index (χ0n) is 12.6. The Bertz CT molecular complexity index is 669. The molecule has 0 aliphatic carbocycles. The minimum atomic E-state index is -0.898. The van der Waals surface area contributed by atoms with Gasteiger partial charge < -0.3 is 14.4 Å². The number of rotatable bonds is 5. The third-order valence-electron chi connectivity index (χ3n) is 4.22. The number of aliphatic carboxylic acids is 1. The van der Waals surface area contributed by atoms with Gasteiger partial charge >= 0.3 is 5.97 Å². The number of carbonyl (C=O) groups is 2. The first-order valence-electron chi connectivity index (χ1n) is 7.61. The molecule has 6 nitrogen and oxygen atoms in total. The van der Waals surface area contributed by atoms with Crippen LogP contribution in [-0.4, -0.2) is 33.4 Å². The average Bonchev–Trinajstić information content (AvgIpc) is 3.08. The van der Waals surface area contributed by atoms with Crippen molar-refractivity contribution in [3.05, 3.63) is 54.2 Å². The van der Waals surface area contributed by atoms with E-state index in [4.69, 9.17) is 4.42 Å². The van der Waals surface area contributed by atoms with Crippen molar-refractivity contribution < 1.29 is 19.1 Å². The van der Waals surface area contributed by atoms with Crippen LogP contribution in [-0.2, 0) is 16.0 Å². The molecule has 0 unspecified atom stereocenters. The van der Waals surface area contributed by atoms with E-state index in [1.165, 1.54) is 6.26 Å². The highest BCUT2D eigenvalue weighted by Crippen LogP contribution is 2.37. The zero-order valence-corrected chi connectivity index (χ0v) is 12.6. The predicted octanol–water partition coefficient (Wildman–Crippen LogP) is 2.28. The number of aromatic nitrogens is 1. The highest BCUT2D eigenvalue weighted by molar-refractivity contribution is 5.81. The Kier molecular flexibility index (Phi) is 4.41. The number of hydrogen-bond acceptors (Lipinski definition) is 4. The molecular formula is C17H18N2O4. The van der Waals surface area contributed by atoms with E-state index < -0.39 is 17.9 Å². The summed E-state index contributed by atoms with van der Waals surface area (Å²) in [4.78, 5) is 29.7. The maximum Gasteiger partial charge on any atom is 0.309 e. The summed E-state index contributed by atoms with van der Waals surface area (Å²) in [7, 11) is 0. The van der Waals surface area contributed by atoms with E-state index in [2.05, 4.69) is 4.98 Å². The van der Waals surface area contributed by atoms with Crippen molar-refractivity contribution in [3.63, 3.8) is 0 Å². The second-order valence-electron chi connectivity index (χ2n) is 5.64. The summed E-state index contributed by atoms with van der Waals surface area (Å²) < 4.78 is 5.41. The minimum Gasteiger partial charge on any atom is -0.481 e. The number of hydrogen-bond donors (Lipinski definition) is 1. The molecule has 23 heavy (non-hydrogen) atoms. The van der Waals surface area contributed by atoms with E-state index in [1.54, 1.807) is 29.4 Å². The number of carboxylic acid groups (broad SMARTS) is 1.